The Morgan fingerprint density at radius 2 is 1.86 bits per heavy atom. The lowest BCUT2D eigenvalue weighted by Crippen LogP contribution is -2.17. The molecule has 0 heterocycles. The molecule has 0 aromatic heterocycles. The highest BCUT2D eigenvalue weighted by molar-refractivity contribution is 14.1. The lowest BCUT2D eigenvalue weighted by atomic mass is 10.2. The standard InChI is InChI=1S/C22H18BrIN2O3/c1-28-20-12-16(13-25-26-22(27)17-7-9-18(23)10-8-17)11-19(24)21(20)29-14-15-5-3-2-4-6-15/h2-13H,14H2,1H3,(H,26,27)/b25-13-. The van der Waals surface area contributed by atoms with Crippen LogP contribution in [0.3, 0.4) is 0 Å². The summed E-state index contributed by atoms with van der Waals surface area (Å²) in [5, 5.41) is 4.04. The first-order valence-electron chi connectivity index (χ1n) is 8.70. The van der Waals surface area contributed by atoms with Crippen LogP contribution in [-0.4, -0.2) is 19.2 Å². The molecular weight excluding hydrogens is 547 g/mol. The largest absolute Gasteiger partial charge is 0.493 e. The Morgan fingerprint density at radius 3 is 2.55 bits per heavy atom. The molecular formula is C22H18BrIN2O3. The van der Waals surface area contributed by atoms with Gasteiger partial charge in [0.15, 0.2) is 11.5 Å². The van der Waals surface area contributed by atoms with Crippen molar-refractivity contribution in [1.82, 2.24) is 5.43 Å². The van der Waals surface area contributed by atoms with Crippen LogP contribution in [-0.2, 0) is 6.61 Å². The molecule has 3 rings (SSSR count). The van der Waals surface area contributed by atoms with Gasteiger partial charge in [0.2, 0.25) is 0 Å². The summed E-state index contributed by atoms with van der Waals surface area (Å²) in [6.07, 6.45) is 1.57. The number of hydrazone groups is 1. The molecule has 3 aromatic rings. The van der Waals surface area contributed by atoms with Crippen molar-refractivity contribution < 1.29 is 14.3 Å². The number of carbonyl (C=O) groups is 1. The summed E-state index contributed by atoms with van der Waals surface area (Å²) in [4.78, 5) is 12.1. The van der Waals surface area contributed by atoms with Gasteiger partial charge >= 0.3 is 0 Å². The molecule has 0 aliphatic carbocycles. The fourth-order valence-corrected chi connectivity index (χ4v) is 3.56. The summed E-state index contributed by atoms with van der Waals surface area (Å²) in [6, 6.07) is 20.7. The number of nitrogens with one attached hydrogen (secondary N) is 1. The third kappa shape index (κ3) is 6.04. The van der Waals surface area contributed by atoms with Gasteiger partial charge in [0.25, 0.3) is 5.91 Å². The number of benzene rings is 3. The summed E-state index contributed by atoms with van der Waals surface area (Å²) >= 11 is 5.54. The zero-order valence-electron chi connectivity index (χ0n) is 15.6. The Bertz CT molecular complexity index is 1010. The quantitative estimate of drug-likeness (QED) is 0.237. The Labute approximate surface area is 191 Å². The van der Waals surface area contributed by atoms with E-state index in [1.54, 1.807) is 37.6 Å². The lowest BCUT2D eigenvalue weighted by molar-refractivity contribution is 0.0955. The molecule has 0 aliphatic heterocycles. The van der Waals surface area contributed by atoms with Crippen LogP contribution in [0.1, 0.15) is 21.5 Å². The minimum absolute atomic E-state index is 0.279. The zero-order valence-corrected chi connectivity index (χ0v) is 19.3. The Kier molecular flexibility index (Phi) is 7.65. The number of hydrogen-bond acceptors (Lipinski definition) is 4. The van der Waals surface area contributed by atoms with Crippen molar-refractivity contribution in [2.75, 3.05) is 7.11 Å². The van der Waals surface area contributed by atoms with Crippen molar-refractivity contribution in [3.05, 3.63) is 91.5 Å². The minimum atomic E-state index is -0.279. The highest BCUT2D eigenvalue weighted by Gasteiger charge is 2.11. The smallest absolute Gasteiger partial charge is 0.271 e. The summed E-state index contributed by atoms with van der Waals surface area (Å²) in [5.41, 5.74) is 4.92. The molecule has 0 bridgehead atoms. The number of amides is 1. The maximum absolute atomic E-state index is 12.1. The number of nitrogens with zero attached hydrogens (tertiary/aromatic N) is 1. The van der Waals surface area contributed by atoms with Crippen molar-refractivity contribution in [2.45, 2.75) is 6.61 Å². The first-order chi connectivity index (χ1) is 14.1. The molecule has 0 unspecified atom stereocenters. The average molecular weight is 565 g/mol. The second-order valence-electron chi connectivity index (χ2n) is 6.01. The van der Waals surface area contributed by atoms with Gasteiger partial charge in [-0.2, -0.15) is 5.10 Å². The number of methoxy groups -OCH3 is 1. The Balaban J connectivity index is 1.68. The van der Waals surface area contributed by atoms with E-state index in [0.717, 1.165) is 19.2 Å². The maximum Gasteiger partial charge on any atom is 0.271 e. The fourth-order valence-electron chi connectivity index (χ4n) is 2.52. The van der Waals surface area contributed by atoms with Crippen LogP contribution in [0, 0.1) is 3.57 Å². The van der Waals surface area contributed by atoms with Gasteiger partial charge in [0.05, 0.1) is 16.9 Å². The summed E-state index contributed by atoms with van der Waals surface area (Å²) < 4.78 is 13.2. The van der Waals surface area contributed by atoms with Crippen LogP contribution in [0.2, 0.25) is 0 Å². The van der Waals surface area contributed by atoms with E-state index in [0.29, 0.717) is 23.7 Å². The van der Waals surface area contributed by atoms with E-state index in [-0.39, 0.29) is 5.91 Å². The van der Waals surface area contributed by atoms with Crippen molar-refractivity contribution in [2.24, 2.45) is 5.10 Å². The van der Waals surface area contributed by atoms with Crippen LogP contribution in [0.25, 0.3) is 0 Å². The van der Waals surface area contributed by atoms with E-state index >= 15 is 0 Å². The highest BCUT2D eigenvalue weighted by atomic mass is 127. The van der Waals surface area contributed by atoms with Crippen molar-refractivity contribution in [3.8, 4) is 11.5 Å². The van der Waals surface area contributed by atoms with Gasteiger partial charge in [0, 0.05) is 10.0 Å². The first kappa shape index (κ1) is 21.3. The van der Waals surface area contributed by atoms with Crippen LogP contribution < -0.4 is 14.9 Å². The molecule has 0 spiro atoms. The molecule has 0 saturated heterocycles. The molecule has 0 saturated carbocycles. The van der Waals surface area contributed by atoms with Gasteiger partial charge in [-0.15, -0.1) is 0 Å². The molecule has 0 radical (unpaired) electrons. The van der Waals surface area contributed by atoms with Crippen LogP contribution in [0.5, 0.6) is 11.5 Å². The van der Waals surface area contributed by atoms with Crippen LogP contribution in [0.15, 0.2) is 76.3 Å². The first-order valence-corrected chi connectivity index (χ1v) is 10.6. The normalized spacial score (nSPS) is 10.7. The predicted molar refractivity (Wildman–Crippen MR) is 126 cm³/mol. The van der Waals surface area contributed by atoms with Gasteiger partial charge in [0.1, 0.15) is 6.61 Å². The minimum Gasteiger partial charge on any atom is -0.493 e. The molecule has 1 amide bonds. The summed E-state index contributed by atoms with van der Waals surface area (Å²) in [7, 11) is 1.59. The number of ether oxygens (including phenoxy) is 2. The van der Waals surface area contributed by atoms with E-state index in [4.69, 9.17) is 9.47 Å². The Morgan fingerprint density at radius 1 is 1.14 bits per heavy atom. The van der Waals surface area contributed by atoms with Crippen molar-refractivity contribution in [1.29, 1.82) is 0 Å². The Hall–Kier alpha value is -2.39. The van der Waals surface area contributed by atoms with Gasteiger partial charge in [-0.05, 0) is 70.1 Å². The molecule has 0 fully saturated rings. The van der Waals surface area contributed by atoms with Crippen LogP contribution in [0.4, 0.5) is 0 Å². The number of halogens is 2. The molecule has 1 N–H and O–H groups in total. The second-order valence-corrected chi connectivity index (χ2v) is 8.09. The third-order valence-corrected chi connectivity index (χ3v) is 5.29. The van der Waals surface area contributed by atoms with Crippen LogP contribution >= 0.6 is 38.5 Å². The molecule has 3 aromatic carbocycles. The van der Waals surface area contributed by atoms with E-state index in [1.807, 2.05) is 42.5 Å². The van der Waals surface area contributed by atoms with E-state index in [1.165, 1.54) is 0 Å². The third-order valence-electron chi connectivity index (χ3n) is 3.96. The van der Waals surface area contributed by atoms with E-state index in [2.05, 4.69) is 49.0 Å². The fraction of sp³-hybridized carbons (Fsp3) is 0.0909. The number of hydrogen-bond donors (Lipinski definition) is 1. The second kappa shape index (κ2) is 10.4. The molecule has 0 atom stereocenters. The topological polar surface area (TPSA) is 59.9 Å². The van der Waals surface area contributed by atoms with Gasteiger partial charge in [-0.25, -0.2) is 5.43 Å². The molecule has 148 valence electrons. The van der Waals surface area contributed by atoms with Crippen molar-refractivity contribution >= 4 is 50.6 Å². The maximum atomic E-state index is 12.1. The molecule has 0 aliphatic rings. The van der Waals surface area contributed by atoms with Gasteiger partial charge in [-0.3, -0.25) is 4.79 Å². The number of rotatable bonds is 7. The lowest BCUT2D eigenvalue weighted by Gasteiger charge is -2.13. The summed E-state index contributed by atoms with van der Waals surface area (Å²) in [5.74, 6) is 1.000. The summed E-state index contributed by atoms with van der Waals surface area (Å²) in [6.45, 7) is 0.448. The molecule has 5 nitrogen and oxygen atoms in total. The average Bonchev–Trinajstić information content (AvgIpc) is 2.73. The van der Waals surface area contributed by atoms with Gasteiger partial charge in [-0.1, -0.05) is 46.3 Å². The van der Waals surface area contributed by atoms with E-state index in [9.17, 15) is 4.79 Å². The highest BCUT2D eigenvalue weighted by Crippen LogP contribution is 2.34. The SMILES string of the molecule is COc1cc(/C=N\NC(=O)c2ccc(Br)cc2)cc(I)c1OCc1ccccc1. The van der Waals surface area contributed by atoms with Crippen molar-refractivity contribution in [3.63, 3.8) is 0 Å². The monoisotopic (exact) mass is 564 g/mol. The van der Waals surface area contributed by atoms with Gasteiger partial charge < -0.3 is 9.47 Å². The predicted octanol–water partition coefficient (Wildman–Crippen LogP) is 5.41. The molecule has 29 heavy (non-hydrogen) atoms. The zero-order chi connectivity index (χ0) is 20.6. The van der Waals surface area contributed by atoms with E-state index < -0.39 is 0 Å². The number of carbonyl (C=O) groups excluding carboxylic acids is 1. The molecule has 7 heteroatoms.